The lowest BCUT2D eigenvalue weighted by Crippen LogP contribution is -1.95. The van der Waals surface area contributed by atoms with Gasteiger partial charge in [0.05, 0.1) is 27.8 Å². The predicted octanol–water partition coefficient (Wildman–Crippen LogP) is 6.91. The monoisotopic (exact) mass is 391 g/mol. The van der Waals surface area contributed by atoms with Crippen LogP contribution in [0.15, 0.2) is 77.2 Å². The fourth-order valence-electron chi connectivity index (χ4n) is 4.39. The molecule has 146 valence electrons. The molecular formula is C26H21N3O. The van der Waals surface area contributed by atoms with Crippen molar-refractivity contribution in [3.05, 3.63) is 84.1 Å². The van der Waals surface area contributed by atoms with Crippen molar-refractivity contribution >= 4 is 44.9 Å². The van der Waals surface area contributed by atoms with Crippen molar-refractivity contribution in [1.29, 1.82) is 0 Å². The summed E-state index contributed by atoms with van der Waals surface area (Å²) < 4.78 is 10.8. The molecule has 30 heavy (non-hydrogen) atoms. The van der Waals surface area contributed by atoms with Gasteiger partial charge in [-0.3, -0.25) is 8.97 Å². The first-order valence-corrected chi connectivity index (χ1v) is 10.3. The topological polar surface area (TPSA) is 35.4 Å². The number of furan rings is 1. The lowest BCUT2D eigenvalue weighted by molar-refractivity contribution is 0.599. The van der Waals surface area contributed by atoms with E-state index in [1.165, 1.54) is 0 Å². The number of fused-ring (bicyclic) bond motifs is 6. The summed E-state index contributed by atoms with van der Waals surface area (Å²) >= 11 is 0. The number of para-hydroxylation sites is 5. The van der Waals surface area contributed by atoms with Crippen LogP contribution < -0.4 is 0 Å². The molecule has 0 spiro atoms. The number of nitrogens with zero attached hydrogens (tertiary/aromatic N) is 3. The number of rotatable bonds is 3. The Balaban J connectivity index is 1.77. The Morgan fingerprint density at radius 3 is 2.50 bits per heavy atom. The molecule has 0 aliphatic rings. The molecule has 0 aliphatic carbocycles. The molecule has 0 atom stereocenters. The van der Waals surface area contributed by atoms with Gasteiger partial charge in [0.2, 0.25) is 5.78 Å². The first-order valence-electron chi connectivity index (χ1n) is 10.3. The van der Waals surface area contributed by atoms with Crippen LogP contribution in [0.25, 0.3) is 50.6 Å². The van der Waals surface area contributed by atoms with Crippen molar-refractivity contribution in [1.82, 2.24) is 14.0 Å². The molecule has 6 aromatic rings. The summed E-state index contributed by atoms with van der Waals surface area (Å²) in [5, 5.41) is 1.13. The summed E-state index contributed by atoms with van der Waals surface area (Å²) in [5.74, 6) is 1.81. The maximum atomic E-state index is 6.38. The van der Waals surface area contributed by atoms with E-state index in [2.05, 4.69) is 95.6 Å². The van der Waals surface area contributed by atoms with Crippen LogP contribution in [0.4, 0.5) is 0 Å². The van der Waals surface area contributed by atoms with Crippen LogP contribution in [0.5, 0.6) is 0 Å². The summed E-state index contributed by atoms with van der Waals surface area (Å²) in [5.41, 5.74) is 7.40. The molecule has 3 heterocycles. The van der Waals surface area contributed by atoms with Crippen molar-refractivity contribution in [2.24, 2.45) is 0 Å². The molecule has 0 fully saturated rings. The molecule has 0 unspecified atom stereocenters. The highest BCUT2D eigenvalue weighted by Gasteiger charge is 2.20. The van der Waals surface area contributed by atoms with E-state index in [9.17, 15) is 0 Å². The molecule has 0 amide bonds. The Morgan fingerprint density at radius 1 is 0.900 bits per heavy atom. The van der Waals surface area contributed by atoms with Crippen LogP contribution in [0.1, 0.15) is 24.7 Å². The summed E-state index contributed by atoms with van der Waals surface area (Å²) in [6.07, 6.45) is 5.19. The number of imidazole rings is 2. The Labute approximate surface area is 173 Å². The average molecular weight is 391 g/mol. The molecule has 4 nitrogen and oxygen atoms in total. The quantitative estimate of drug-likeness (QED) is 0.328. The van der Waals surface area contributed by atoms with Gasteiger partial charge in [0.25, 0.3) is 0 Å². The van der Waals surface area contributed by atoms with E-state index in [1.54, 1.807) is 0 Å². The van der Waals surface area contributed by atoms with Crippen molar-refractivity contribution in [2.75, 3.05) is 0 Å². The number of aromatic nitrogens is 3. The van der Waals surface area contributed by atoms with Crippen molar-refractivity contribution < 1.29 is 4.42 Å². The Kier molecular flexibility index (Phi) is 3.62. The first-order chi connectivity index (χ1) is 14.8. The van der Waals surface area contributed by atoms with Gasteiger partial charge >= 0.3 is 0 Å². The normalized spacial score (nSPS) is 12.3. The highest BCUT2D eigenvalue weighted by molar-refractivity contribution is 5.96. The third-order valence-corrected chi connectivity index (χ3v) is 5.83. The summed E-state index contributed by atoms with van der Waals surface area (Å²) in [7, 11) is 0. The van der Waals surface area contributed by atoms with E-state index < -0.39 is 0 Å². The van der Waals surface area contributed by atoms with Gasteiger partial charge in [0, 0.05) is 10.9 Å². The van der Waals surface area contributed by atoms with E-state index in [4.69, 9.17) is 9.40 Å². The number of benzene rings is 3. The molecule has 0 radical (unpaired) electrons. The van der Waals surface area contributed by atoms with Gasteiger partial charge in [-0.05, 0) is 49.8 Å². The molecule has 0 aliphatic heterocycles. The average Bonchev–Trinajstić information content (AvgIpc) is 3.41. The van der Waals surface area contributed by atoms with Crippen molar-refractivity contribution in [3.63, 3.8) is 0 Å². The van der Waals surface area contributed by atoms with Gasteiger partial charge in [-0.1, -0.05) is 49.4 Å². The van der Waals surface area contributed by atoms with E-state index in [0.29, 0.717) is 0 Å². The molecular weight excluding hydrogens is 370 g/mol. The smallest absolute Gasteiger partial charge is 0.220 e. The molecule has 0 bridgehead atoms. The zero-order valence-electron chi connectivity index (χ0n) is 17.0. The lowest BCUT2D eigenvalue weighted by atomic mass is 10.1. The largest absolute Gasteiger partial charge is 0.454 e. The molecule has 6 rings (SSSR count). The minimum Gasteiger partial charge on any atom is -0.454 e. The number of aryl methyl sites for hydroxylation is 1. The van der Waals surface area contributed by atoms with Crippen LogP contribution >= 0.6 is 0 Å². The minimum absolute atomic E-state index is 0.890. The lowest BCUT2D eigenvalue weighted by Gasteiger charge is -2.06. The fraction of sp³-hybridized carbons (Fsp3) is 0.115. The Hall–Kier alpha value is -3.79. The predicted molar refractivity (Wildman–Crippen MR) is 123 cm³/mol. The Morgan fingerprint density at radius 2 is 1.67 bits per heavy atom. The molecule has 0 saturated heterocycles. The van der Waals surface area contributed by atoms with Gasteiger partial charge in [-0.25, -0.2) is 4.98 Å². The van der Waals surface area contributed by atoms with Gasteiger partial charge < -0.3 is 4.42 Å². The van der Waals surface area contributed by atoms with E-state index in [0.717, 1.165) is 62.2 Å². The van der Waals surface area contributed by atoms with Gasteiger partial charge in [-0.15, -0.1) is 0 Å². The standard InChI is InChI=1S/C26H21N3O/c1-3-4-16-24-17(2)18-10-9-15-23(25(18)30-24)29-22-14-8-7-13-21(22)28-20-12-6-5-11-19(20)27-26(28)29/h4-16H,3H2,1-2H3. The second-order valence-electron chi connectivity index (χ2n) is 7.62. The van der Waals surface area contributed by atoms with Crippen LogP contribution in [-0.2, 0) is 0 Å². The number of allylic oxidation sites excluding steroid dienone is 1. The second-order valence-corrected chi connectivity index (χ2v) is 7.62. The maximum Gasteiger partial charge on any atom is 0.220 e. The van der Waals surface area contributed by atoms with E-state index in [-0.39, 0.29) is 0 Å². The van der Waals surface area contributed by atoms with Crippen LogP contribution in [-0.4, -0.2) is 14.0 Å². The van der Waals surface area contributed by atoms with Gasteiger partial charge in [0.1, 0.15) is 5.76 Å². The zero-order chi connectivity index (χ0) is 20.2. The third kappa shape index (κ3) is 2.25. The SMILES string of the molecule is CCC=Cc1oc2c(-n3c4ccccc4n4c5ccccc5nc34)cccc2c1C. The highest BCUT2D eigenvalue weighted by atomic mass is 16.3. The molecule has 3 aromatic carbocycles. The third-order valence-electron chi connectivity index (χ3n) is 5.83. The van der Waals surface area contributed by atoms with Crippen molar-refractivity contribution in [3.8, 4) is 5.69 Å². The van der Waals surface area contributed by atoms with Crippen LogP contribution in [0, 0.1) is 6.92 Å². The highest BCUT2D eigenvalue weighted by Crippen LogP contribution is 2.35. The fourth-order valence-corrected chi connectivity index (χ4v) is 4.39. The van der Waals surface area contributed by atoms with E-state index >= 15 is 0 Å². The molecule has 3 aromatic heterocycles. The summed E-state index contributed by atoms with van der Waals surface area (Å²) in [6.45, 7) is 4.25. The molecule has 0 saturated carbocycles. The second kappa shape index (κ2) is 6.36. The molecule has 0 N–H and O–H groups in total. The van der Waals surface area contributed by atoms with Gasteiger partial charge in [0.15, 0.2) is 5.58 Å². The van der Waals surface area contributed by atoms with Crippen LogP contribution in [0.2, 0.25) is 0 Å². The number of hydrogen-bond acceptors (Lipinski definition) is 2. The summed E-state index contributed by atoms with van der Waals surface area (Å²) in [6, 6.07) is 23.1. The van der Waals surface area contributed by atoms with Gasteiger partial charge in [-0.2, -0.15) is 0 Å². The van der Waals surface area contributed by atoms with E-state index in [1.807, 2.05) is 6.07 Å². The maximum absolute atomic E-state index is 6.38. The van der Waals surface area contributed by atoms with Crippen molar-refractivity contribution in [2.45, 2.75) is 20.3 Å². The minimum atomic E-state index is 0.890. The number of hydrogen-bond donors (Lipinski definition) is 0. The first kappa shape index (κ1) is 17.1. The Bertz CT molecular complexity index is 1590. The molecule has 4 heteroatoms. The zero-order valence-corrected chi connectivity index (χ0v) is 17.0. The summed E-state index contributed by atoms with van der Waals surface area (Å²) in [4.78, 5) is 4.98. The van der Waals surface area contributed by atoms with Crippen LogP contribution in [0.3, 0.4) is 0 Å².